The number of H-pyrrole nitrogens is 1. The minimum atomic E-state index is 0.646. The lowest BCUT2D eigenvalue weighted by atomic mass is 10.3. The van der Waals surface area contributed by atoms with Crippen molar-refractivity contribution in [1.29, 1.82) is 0 Å². The molecular weight excluding hydrogens is 280 g/mol. The molecule has 0 saturated heterocycles. The van der Waals surface area contributed by atoms with Crippen LogP contribution in [0.5, 0.6) is 0 Å². The van der Waals surface area contributed by atoms with Gasteiger partial charge in [-0.05, 0) is 30.3 Å². The Kier molecular flexibility index (Phi) is 2.33. The molecule has 0 atom stereocenters. The molecule has 0 bridgehead atoms. The number of hydrogen-bond donors (Lipinski definition) is 2. The Morgan fingerprint density at radius 3 is 2.82 bits per heavy atom. The number of benzene rings is 1. The summed E-state index contributed by atoms with van der Waals surface area (Å²) in [4.78, 5) is 11.9. The van der Waals surface area contributed by atoms with Crippen LogP contribution in [-0.2, 0) is 0 Å². The zero-order valence-corrected chi connectivity index (χ0v) is 10.4. The molecule has 4 nitrogen and oxygen atoms in total. The zero-order valence-electron chi connectivity index (χ0n) is 8.81. The van der Waals surface area contributed by atoms with Crippen molar-refractivity contribution in [2.75, 3.05) is 5.73 Å². The summed E-state index contributed by atoms with van der Waals surface area (Å²) in [5, 5.41) is 0. The van der Waals surface area contributed by atoms with Gasteiger partial charge in [0.15, 0.2) is 5.82 Å². The van der Waals surface area contributed by atoms with Gasteiger partial charge in [0.2, 0.25) is 0 Å². The molecule has 0 aliphatic carbocycles. The van der Waals surface area contributed by atoms with Crippen LogP contribution in [-0.4, -0.2) is 15.0 Å². The fourth-order valence-corrected chi connectivity index (χ4v) is 2.01. The van der Waals surface area contributed by atoms with Gasteiger partial charge in [0, 0.05) is 4.47 Å². The number of halogens is 1. The van der Waals surface area contributed by atoms with Gasteiger partial charge in [0.05, 0.1) is 22.9 Å². The lowest BCUT2D eigenvalue weighted by Gasteiger charge is -1.95. The van der Waals surface area contributed by atoms with Gasteiger partial charge in [-0.15, -0.1) is 0 Å². The van der Waals surface area contributed by atoms with Gasteiger partial charge in [0.25, 0.3) is 0 Å². The molecule has 0 spiro atoms. The molecule has 84 valence electrons. The van der Waals surface area contributed by atoms with E-state index in [0.717, 1.165) is 27.0 Å². The molecule has 17 heavy (non-hydrogen) atoms. The number of nitrogens with zero attached hydrogens (tertiary/aromatic N) is 2. The second-order valence-corrected chi connectivity index (χ2v) is 4.64. The number of rotatable bonds is 1. The summed E-state index contributed by atoms with van der Waals surface area (Å²) < 4.78 is 1.02. The molecule has 3 N–H and O–H groups in total. The first-order valence-corrected chi connectivity index (χ1v) is 5.89. The Hall–Kier alpha value is -1.88. The number of nitrogen functional groups attached to an aromatic ring is 1. The predicted octanol–water partition coefficient (Wildman–Crippen LogP) is 2.97. The van der Waals surface area contributed by atoms with Crippen molar-refractivity contribution in [3.05, 3.63) is 41.0 Å². The van der Waals surface area contributed by atoms with Crippen molar-refractivity contribution in [3.8, 4) is 11.5 Å². The molecule has 1 aromatic carbocycles. The fourth-order valence-electron chi connectivity index (χ4n) is 1.65. The molecule has 5 heteroatoms. The average Bonchev–Trinajstić information content (AvgIpc) is 2.72. The number of pyridine rings is 1. The normalized spacial score (nSPS) is 10.9. The van der Waals surface area contributed by atoms with Crippen molar-refractivity contribution in [2.45, 2.75) is 0 Å². The van der Waals surface area contributed by atoms with E-state index in [1.807, 2.05) is 30.3 Å². The van der Waals surface area contributed by atoms with Gasteiger partial charge in [0.1, 0.15) is 5.69 Å². The second-order valence-electron chi connectivity index (χ2n) is 3.72. The topological polar surface area (TPSA) is 67.6 Å². The van der Waals surface area contributed by atoms with E-state index in [2.05, 4.69) is 30.9 Å². The summed E-state index contributed by atoms with van der Waals surface area (Å²) in [6, 6.07) is 9.57. The number of imidazole rings is 1. The maximum absolute atomic E-state index is 5.60. The Balaban J connectivity index is 2.14. The molecule has 2 heterocycles. The number of anilines is 1. The van der Waals surface area contributed by atoms with Crippen LogP contribution >= 0.6 is 15.9 Å². The summed E-state index contributed by atoms with van der Waals surface area (Å²) >= 11 is 3.43. The van der Waals surface area contributed by atoms with Gasteiger partial charge in [-0.1, -0.05) is 15.9 Å². The van der Waals surface area contributed by atoms with Crippen LogP contribution in [0, 0.1) is 0 Å². The SMILES string of the molecule is Nc1ccc(-c2nc3ccc(Br)cc3[nH]2)nc1. The maximum Gasteiger partial charge on any atom is 0.157 e. The van der Waals surface area contributed by atoms with Crippen molar-refractivity contribution < 1.29 is 0 Å². The number of aromatic amines is 1. The largest absolute Gasteiger partial charge is 0.397 e. The quantitative estimate of drug-likeness (QED) is 0.723. The second kappa shape index (κ2) is 3.85. The van der Waals surface area contributed by atoms with E-state index >= 15 is 0 Å². The summed E-state index contributed by atoms with van der Waals surface area (Å²) in [5.74, 6) is 0.748. The molecule has 0 amide bonds. The van der Waals surface area contributed by atoms with Gasteiger partial charge < -0.3 is 10.7 Å². The average molecular weight is 289 g/mol. The number of hydrogen-bond acceptors (Lipinski definition) is 3. The first-order valence-electron chi connectivity index (χ1n) is 5.09. The van der Waals surface area contributed by atoms with Crippen molar-refractivity contribution >= 4 is 32.7 Å². The number of fused-ring (bicyclic) bond motifs is 1. The lowest BCUT2D eigenvalue weighted by Crippen LogP contribution is -1.89. The highest BCUT2D eigenvalue weighted by Crippen LogP contribution is 2.22. The Labute approximate surface area is 106 Å². The zero-order chi connectivity index (χ0) is 11.8. The van der Waals surface area contributed by atoms with E-state index in [1.165, 1.54) is 0 Å². The first-order chi connectivity index (χ1) is 8.22. The van der Waals surface area contributed by atoms with Gasteiger partial charge in [-0.3, -0.25) is 4.98 Å². The summed E-state index contributed by atoms with van der Waals surface area (Å²) in [5.41, 5.74) is 8.93. The molecule has 0 aliphatic heterocycles. The summed E-state index contributed by atoms with van der Waals surface area (Å²) in [6.45, 7) is 0. The standard InChI is InChI=1S/C12H9BrN4/c13-7-1-3-9-11(5-7)17-12(16-9)10-4-2-8(14)6-15-10/h1-6H,14H2,(H,16,17). The first kappa shape index (κ1) is 10.3. The maximum atomic E-state index is 5.60. The van der Waals surface area contributed by atoms with E-state index in [0.29, 0.717) is 5.69 Å². The third-order valence-corrected chi connectivity index (χ3v) is 2.97. The van der Waals surface area contributed by atoms with Crippen LogP contribution in [0.15, 0.2) is 41.0 Å². The minimum Gasteiger partial charge on any atom is -0.397 e. The monoisotopic (exact) mass is 288 g/mol. The van der Waals surface area contributed by atoms with Crippen LogP contribution < -0.4 is 5.73 Å². The molecule has 0 unspecified atom stereocenters. The van der Waals surface area contributed by atoms with Crippen LogP contribution in [0.1, 0.15) is 0 Å². The molecule has 3 rings (SSSR count). The highest BCUT2D eigenvalue weighted by atomic mass is 79.9. The van der Waals surface area contributed by atoms with Crippen LogP contribution in [0.4, 0.5) is 5.69 Å². The molecule has 0 radical (unpaired) electrons. The molecule has 3 aromatic rings. The van der Waals surface area contributed by atoms with Crippen LogP contribution in [0.3, 0.4) is 0 Å². The predicted molar refractivity (Wildman–Crippen MR) is 71.4 cm³/mol. The number of nitrogens with two attached hydrogens (primary N) is 1. The highest BCUT2D eigenvalue weighted by molar-refractivity contribution is 9.10. The highest BCUT2D eigenvalue weighted by Gasteiger charge is 2.06. The van der Waals surface area contributed by atoms with Crippen LogP contribution in [0.2, 0.25) is 0 Å². The van der Waals surface area contributed by atoms with Crippen molar-refractivity contribution in [2.24, 2.45) is 0 Å². The molecule has 0 saturated carbocycles. The lowest BCUT2D eigenvalue weighted by molar-refractivity contribution is 1.24. The van der Waals surface area contributed by atoms with E-state index in [9.17, 15) is 0 Å². The van der Waals surface area contributed by atoms with E-state index in [4.69, 9.17) is 5.73 Å². The van der Waals surface area contributed by atoms with Gasteiger partial charge in [-0.2, -0.15) is 0 Å². The Morgan fingerprint density at radius 2 is 2.06 bits per heavy atom. The number of nitrogens with one attached hydrogen (secondary N) is 1. The third kappa shape index (κ3) is 1.89. The molecular formula is C12H9BrN4. The summed E-state index contributed by atoms with van der Waals surface area (Å²) in [7, 11) is 0. The van der Waals surface area contributed by atoms with Gasteiger partial charge >= 0.3 is 0 Å². The Morgan fingerprint density at radius 1 is 1.18 bits per heavy atom. The Bertz CT molecular complexity index is 673. The third-order valence-electron chi connectivity index (χ3n) is 2.47. The van der Waals surface area contributed by atoms with E-state index < -0.39 is 0 Å². The number of aromatic nitrogens is 3. The van der Waals surface area contributed by atoms with Gasteiger partial charge in [-0.25, -0.2) is 4.98 Å². The summed E-state index contributed by atoms with van der Waals surface area (Å²) in [6.07, 6.45) is 1.62. The van der Waals surface area contributed by atoms with Crippen LogP contribution in [0.25, 0.3) is 22.6 Å². The molecule has 0 aliphatic rings. The van der Waals surface area contributed by atoms with E-state index in [1.54, 1.807) is 6.20 Å². The van der Waals surface area contributed by atoms with E-state index in [-0.39, 0.29) is 0 Å². The molecule has 2 aromatic heterocycles. The molecule has 0 fully saturated rings. The smallest absolute Gasteiger partial charge is 0.157 e. The van der Waals surface area contributed by atoms with Crippen molar-refractivity contribution in [3.63, 3.8) is 0 Å². The van der Waals surface area contributed by atoms with Crippen molar-refractivity contribution in [1.82, 2.24) is 15.0 Å². The fraction of sp³-hybridized carbons (Fsp3) is 0. The minimum absolute atomic E-state index is 0.646.